The average molecular weight is 334 g/mol. The van der Waals surface area contributed by atoms with E-state index in [9.17, 15) is 18.0 Å². The van der Waals surface area contributed by atoms with Crippen LogP contribution in [0.4, 0.5) is 5.69 Å². The van der Waals surface area contributed by atoms with Gasteiger partial charge >= 0.3 is 5.97 Å². The molecule has 0 atom stereocenters. The third-order valence-electron chi connectivity index (χ3n) is 2.77. The number of rotatable bonds is 6. The molecule has 0 spiro atoms. The summed E-state index contributed by atoms with van der Waals surface area (Å²) in [7, 11) is -3.76. The van der Waals surface area contributed by atoms with Crippen LogP contribution in [0.3, 0.4) is 0 Å². The van der Waals surface area contributed by atoms with Crippen LogP contribution in [0.25, 0.3) is 0 Å². The smallest absolute Gasteiger partial charge is 0.338 e. The highest BCUT2D eigenvalue weighted by molar-refractivity contribution is 7.92. The SMILES string of the molecule is NC(=O)COC(=O)c1ccc(S(=O)(=O)Nc2ccccc2)cc1. The molecule has 0 heterocycles. The Bertz CT molecular complexity index is 802. The molecule has 0 bridgehead atoms. The summed E-state index contributed by atoms with van der Waals surface area (Å²) in [5.41, 5.74) is 5.41. The van der Waals surface area contributed by atoms with Crippen LogP contribution in [0.2, 0.25) is 0 Å². The Morgan fingerprint density at radius 2 is 1.61 bits per heavy atom. The van der Waals surface area contributed by atoms with Gasteiger partial charge in [0.05, 0.1) is 10.5 Å². The molecule has 0 saturated heterocycles. The Labute approximate surface area is 133 Å². The Hall–Kier alpha value is -2.87. The van der Waals surface area contributed by atoms with Gasteiger partial charge in [-0.2, -0.15) is 0 Å². The third-order valence-corrected chi connectivity index (χ3v) is 4.17. The number of nitrogens with two attached hydrogens (primary N) is 1. The van der Waals surface area contributed by atoms with E-state index in [1.807, 2.05) is 0 Å². The molecule has 2 aromatic rings. The van der Waals surface area contributed by atoms with Crippen molar-refractivity contribution in [3.8, 4) is 0 Å². The van der Waals surface area contributed by atoms with E-state index in [0.717, 1.165) is 0 Å². The molecule has 0 aliphatic heterocycles. The molecule has 2 rings (SSSR count). The summed E-state index contributed by atoms with van der Waals surface area (Å²) in [6.07, 6.45) is 0. The van der Waals surface area contributed by atoms with E-state index in [4.69, 9.17) is 5.73 Å². The summed E-state index contributed by atoms with van der Waals surface area (Å²) in [5.74, 6) is -1.53. The second-order valence-electron chi connectivity index (χ2n) is 4.54. The van der Waals surface area contributed by atoms with Gasteiger partial charge in [0, 0.05) is 5.69 Å². The average Bonchev–Trinajstić information content (AvgIpc) is 2.53. The number of hydrogen-bond acceptors (Lipinski definition) is 5. The van der Waals surface area contributed by atoms with E-state index in [-0.39, 0.29) is 10.5 Å². The first-order chi connectivity index (χ1) is 10.9. The van der Waals surface area contributed by atoms with Gasteiger partial charge < -0.3 is 10.5 Å². The molecule has 1 amide bonds. The fraction of sp³-hybridized carbons (Fsp3) is 0.0667. The van der Waals surface area contributed by atoms with Gasteiger partial charge in [-0.1, -0.05) is 18.2 Å². The maximum atomic E-state index is 12.2. The number of para-hydroxylation sites is 1. The largest absolute Gasteiger partial charge is 0.452 e. The molecule has 2 aromatic carbocycles. The Balaban J connectivity index is 2.12. The fourth-order valence-corrected chi connectivity index (χ4v) is 2.77. The van der Waals surface area contributed by atoms with Crippen LogP contribution in [-0.2, 0) is 19.6 Å². The third kappa shape index (κ3) is 4.55. The molecular formula is C15H14N2O5S. The van der Waals surface area contributed by atoms with E-state index in [0.29, 0.717) is 5.69 Å². The minimum atomic E-state index is -3.76. The van der Waals surface area contributed by atoms with Gasteiger partial charge in [0.2, 0.25) is 0 Å². The van der Waals surface area contributed by atoms with Crippen LogP contribution in [-0.4, -0.2) is 26.9 Å². The number of primary amides is 1. The van der Waals surface area contributed by atoms with Gasteiger partial charge in [-0.05, 0) is 36.4 Å². The Morgan fingerprint density at radius 3 is 2.17 bits per heavy atom. The molecule has 0 aliphatic rings. The lowest BCUT2D eigenvalue weighted by Crippen LogP contribution is -2.21. The minimum Gasteiger partial charge on any atom is -0.452 e. The fourth-order valence-electron chi connectivity index (χ4n) is 1.71. The first kappa shape index (κ1) is 16.5. The quantitative estimate of drug-likeness (QED) is 0.768. The topological polar surface area (TPSA) is 116 Å². The van der Waals surface area contributed by atoms with Crippen molar-refractivity contribution in [2.24, 2.45) is 5.73 Å². The van der Waals surface area contributed by atoms with Crippen molar-refractivity contribution in [3.05, 3.63) is 60.2 Å². The highest BCUT2D eigenvalue weighted by Gasteiger charge is 2.15. The van der Waals surface area contributed by atoms with Crippen molar-refractivity contribution in [2.75, 3.05) is 11.3 Å². The molecule has 0 fully saturated rings. The Kier molecular flexibility index (Phi) is 4.97. The van der Waals surface area contributed by atoms with Crippen LogP contribution >= 0.6 is 0 Å². The van der Waals surface area contributed by atoms with E-state index in [1.54, 1.807) is 30.3 Å². The normalized spacial score (nSPS) is 10.8. The molecular weight excluding hydrogens is 320 g/mol. The summed E-state index contributed by atoms with van der Waals surface area (Å²) in [6.45, 7) is -0.533. The number of carbonyl (C=O) groups excluding carboxylic acids is 2. The zero-order valence-electron chi connectivity index (χ0n) is 11.9. The summed E-state index contributed by atoms with van der Waals surface area (Å²) >= 11 is 0. The van der Waals surface area contributed by atoms with Crippen molar-refractivity contribution in [1.29, 1.82) is 0 Å². The summed E-state index contributed by atoms with van der Waals surface area (Å²) in [6, 6.07) is 13.5. The zero-order chi connectivity index (χ0) is 16.9. The molecule has 0 aromatic heterocycles. The number of sulfonamides is 1. The number of benzene rings is 2. The lowest BCUT2D eigenvalue weighted by molar-refractivity contribution is -0.121. The molecule has 0 aliphatic carbocycles. The van der Waals surface area contributed by atoms with E-state index in [1.165, 1.54) is 24.3 Å². The lowest BCUT2D eigenvalue weighted by atomic mass is 10.2. The number of ether oxygens (including phenoxy) is 1. The van der Waals surface area contributed by atoms with E-state index >= 15 is 0 Å². The van der Waals surface area contributed by atoms with Crippen LogP contribution in [0.15, 0.2) is 59.5 Å². The molecule has 120 valence electrons. The van der Waals surface area contributed by atoms with Gasteiger partial charge in [0.1, 0.15) is 0 Å². The van der Waals surface area contributed by atoms with Crippen molar-refractivity contribution in [1.82, 2.24) is 0 Å². The summed E-state index contributed by atoms with van der Waals surface area (Å²) < 4.78 is 31.5. The second-order valence-corrected chi connectivity index (χ2v) is 6.22. The van der Waals surface area contributed by atoms with Crippen molar-refractivity contribution < 1.29 is 22.7 Å². The zero-order valence-corrected chi connectivity index (χ0v) is 12.7. The second kappa shape index (κ2) is 6.93. The highest BCUT2D eigenvalue weighted by Crippen LogP contribution is 2.16. The standard InChI is InChI=1S/C15H14N2O5S/c16-14(18)10-22-15(19)11-6-8-13(9-7-11)23(20,21)17-12-4-2-1-3-5-12/h1-9,17H,10H2,(H2,16,18). The number of anilines is 1. The van der Waals surface area contributed by atoms with Crippen molar-refractivity contribution in [3.63, 3.8) is 0 Å². The van der Waals surface area contributed by atoms with Crippen LogP contribution in [0, 0.1) is 0 Å². The highest BCUT2D eigenvalue weighted by atomic mass is 32.2. The molecule has 7 nitrogen and oxygen atoms in total. The van der Waals surface area contributed by atoms with Crippen LogP contribution in [0.1, 0.15) is 10.4 Å². The number of amides is 1. The van der Waals surface area contributed by atoms with Gasteiger partial charge in [0.15, 0.2) is 6.61 Å². The predicted molar refractivity (Wildman–Crippen MR) is 83.2 cm³/mol. The number of carbonyl (C=O) groups is 2. The molecule has 0 radical (unpaired) electrons. The van der Waals surface area contributed by atoms with Crippen LogP contribution in [0.5, 0.6) is 0 Å². The van der Waals surface area contributed by atoms with Gasteiger partial charge in [0.25, 0.3) is 15.9 Å². The molecule has 0 unspecified atom stereocenters. The maximum Gasteiger partial charge on any atom is 0.338 e. The molecule has 0 saturated carbocycles. The van der Waals surface area contributed by atoms with E-state index < -0.39 is 28.5 Å². The Morgan fingerprint density at radius 1 is 1.00 bits per heavy atom. The van der Waals surface area contributed by atoms with E-state index in [2.05, 4.69) is 9.46 Å². The van der Waals surface area contributed by atoms with Gasteiger partial charge in [-0.15, -0.1) is 0 Å². The first-order valence-corrected chi connectivity index (χ1v) is 8.00. The maximum absolute atomic E-state index is 12.2. The number of nitrogens with one attached hydrogen (secondary N) is 1. The molecule has 23 heavy (non-hydrogen) atoms. The van der Waals surface area contributed by atoms with Crippen LogP contribution < -0.4 is 10.5 Å². The lowest BCUT2D eigenvalue weighted by Gasteiger charge is -2.08. The van der Waals surface area contributed by atoms with Gasteiger partial charge in [-0.3, -0.25) is 9.52 Å². The number of esters is 1. The number of hydrogen-bond donors (Lipinski definition) is 2. The van der Waals surface area contributed by atoms with Crippen molar-refractivity contribution >= 4 is 27.6 Å². The van der Waals surface area contributed by atoms with Crippen molar-refractivity contribution in [2.45, 2.75) is 4.90 Å². The predicted octanol–water partition coefficient (Wildman–Crippen LogP) is 1.13. The monoisotopic (exact) mass is 334 g/mol. The molecule has 3 N–H and O–H groups in total. The first-order valence-electron chi connectivity index (χ1n) is 6.52. The summed E-state index contributed by atoms with van der Waals surface area (Å²) in [5, 5.41) is 0. The minimum absolute atomic E-state index is 0.00666. The summed E-state index contributed by atoms with van der Waals surface area (Å²) in [4.78, 5) is 22.2. The molecule has 8 heteroatoms. The van der Waals surface area contributed by atoms with Gasteiger partial charge in [-0.25, -0.2) is 13.2 Å².